The van der Waals surface area contributed by atoms with Gasteiger partial charge < -0.3 is 31.0 Å². The van der Waals surface area contributed by atoms with Crippen LogP contribution in [0.5, 0.6) is 0 Å². The Bertz CT molecular complexity index is 695. The Morgan fingerprint density at radius 3 is 2.81 bits per heavy atom. The van der Waals surface area contributed by atoms with E-state index in [1.807, 2.05) is 6.92 Å². The first-order chi connectivity index (χ1) is 12.8. The fourth-order valence-corrected chi connectivity index (χ4v) is 5.74. The topological polar surface area (TPSA) is 137 Å². The maximum Gasteiger partial charge on any atom is 0.353 e. The predicted octanol–water partition coefficient (Wildman–Crippen LogP) is -0.435. The van der Waals surface area contributed by atoms with Crippen molar-refractivity contribution in [1.29, 1.82) is 0 Å². The highest BCUT2D eigenvalue weighted by atomic mass is 32.2. The third-order valence-corrected chi connectivity index (χ3v) is 7.03. The lowest BCUT2D eigenvalue weighted by Gasteiger charge is -2.46. The third-order valence-electron chi connectivity index (χ3n) is 5.52. The second-order valence-electron chi connectivity index (χ2n) is 7.18. The van der Waals surface area contributed by atoms with E-state index in [9.17, 15) is 19.8 Å². The largest absolute Gasteiger partial charge is 0.477 e. The molecule has 3 rings (SSSR count). The number of carbonyl (C=O) groups is 2. The molecule has 3 aliphatic rings. The number of fused-ring (bicyclic) bond motifs is 1. The standard InChI is InChI=1S/C17H26N4O5S/c1-7-13-12(8(2)22)16(23)21(13)14(17(24)25)15(7)27-9-4-10(19-6-9)11(5-18)20-26-3/h7-10,12-13,19,22H,4-6,18H2,1-3H3,(H,24,25)/b20-11+/t7-,8-,9+,10+,12-,13-/m1/s1. The van der Waals surface area contributed by atoms with Gasteiger partial charge in [-0.2, -0.15) is 0 Å². The maximum atomic E-state index is 12.4. The van der Waals surface area contributed by atoms with Crippen LogP contribution in [-0.2, 0) is 14.4 Å². The van der Waals surface area contributed by atoms with Crippen LogP contribution in [0.15, 0.2) is 15.8 Å². The van der Waals surface area contributed by atoms with Crippen LogP contribution in [0.25, 0.3) is 0 Å². The molecule has 0 aromatic heterocycles. The van der Waals surface area contributed by atoms with Gasteiger partial charge in [0.15, 0.2) is 0 Å². The van der Waals surface area contributed by atoms with Crippen LogP contribution in [0, 0.1) is 11.8 Å². The number of carboxylic acid groups (broad SMARTS) is 1. The molecule has 2 fully saturated rings. The molecular weight excluding hydrogens is 372 g/mol. The van der Waals surface area contributed by atoms with E-state index in [0.29, 0.717) is 11.4 Å². The average molecular weight is 398 g/mol. The first-order valence-corrected chi connectivity index (χ1v) is 9.88. The van der Waals surface area contributed by atoms with E-state index < -0.39 is 18.0 Å². The summed E-state index contributed by atoms with van der Waals surface area (Å²) in [6, 6.07) is -0.298. The smallest absolute Gasteiger partial charge is 0.353 e. The average Bonchev–Trinajstić information content (AvgIpc) is 3.15. The van der Waals surface area contributed by atoms with E-state index >= 15 is 0 Å². The Morgan fingerprint density at radius 2 is 2.26 bits per heavy atom. The summed E-state index contributed by atoms with van der Waals surface area (Å²) >= 11 is 1.50. The van der Waals surface area contributed by atoms with Crippen molar-refractivity contribution in [3.8, 4) is 0 Å². The van der Waals surface area contributed by atoms with Gasteiger partial charge in [0, 0.05) is 29.2 Å². The minimum absolute atomic E-state index is 0.0121. The number of oxime groups is 1. The minimum Gasteiger partial charge on any atom is -0.477 e. The summed E-state index contributed by atoms with van der Waals surface area (Å²) in [6.07, 6.45) is -0.0542. The number of carbonyl (C=O) groups excluding carboxylic acids is 1. The molecule has 3 heterocycles. The van der Waals surface area contributed by atoms with Crippen LogP contribution >= 0.6 is 11.8 Å². The number of nitrogens with two attached hydrogens (primary N) is 1. The number of nitrogens with one attached hydrogen (secondary N) is 1. The Labute approximate surface area is 162 Å². The number of carboxylic acids is 1. The summed E-state index contributed by atoms with van der Waals surface area (Å²) in [4.78, 5) is 31.1. The molecule has 150 valence electrons. The normalized spacial score (nSPS) is 34.6. The van der Waals surface area contributed by atoms with Gasteiger partial charge >= 0.3 is 5.97 Å². The number of β-lactam (4-membered cyclic amide) rings is 1. The van der Waals surface area contributed by atoms with E-state index in [4.69, 9.17) is 10.6 Å². The van der Waals surface area contributed by atoms with E-state index in [2.05, 4.69) is 10.5 Å². The van der Waals surface area contributed by atoms with E-state index in [1.165, 1.54) is 23.8 Å². The minimum atomic E-state index is -1.10. The number of aliphatic carboxylic acids is 1. The summed E-state index contributed by atoms with van der Waals surface area (Å²) < 4.78 is 0. The van der Waals surface area contributed by atoms with Gasteiger partial charge in [-0.1, -0.05) is 12.1 Å². The van der Waals surface area contributed by atoms with E-state index in [1.54, 1.807) is 6.92 Å². The van der Waals surface area contributed by atoms with Crippen LogP contribution in [0.4, 0.5) is 0 Å². The lowest BCUT2D eigenvalue weighted by atomic mass is 9.79. The zero-order valence-electron chi connectivity index (χ0n) is 15.6. The SMILES string of the molecule is CO/N=C(\CN)[C@@H]1C[C@H](SC2=C(C(=O)O)N3C(=O)[C@H]([C@@H](C)O)[C@H]3[C@H]2C)CN1. The number of amides is 1. The molecule has 0 unspecified atom stereocenters. The molecule has 1 amide bonds. The highest BCUT2D eigenvalue weighted by molar-refractivity contribution is 8.03. The Kier molecular flexibility index (Phi) is 5.80. The van der Waals surface area contributed by atoms with Gasteiger partial charge in [0.05, 0.1) is 29.8 Å². The number of rotatable bonds is 7. The van der Waals surface area contributed by atoms with Crippen molar-refractivity contribution in [2.75, 3.05) is 20.2 Å². The molecule has 27 heavy (non-hydrogen) atoms. The molecular formula is C17H26N4O5S. The maximum absolute atomic E-state index is 12.4. The quantitative estimate of drug-likeness (QED) is 0.257. The van der Waals surface area contributed by atoms with Gasteiger partial charge in [-0.15, -0.1) is 11.8 Å². The zero-order valence-corrected chi connectivity index (χ0v) is 16.4. The lowest BCUT2D eigenvalue weighted by Crippen LogP contribution is -2.63. The van der Waals surface area contributed by atoms with Gasteiger partial charge in [-0.3, -0.25) is 4.79 Å². The summed E-state index contributed by atoms with van der Waals surface area (Å²) in [5.41, 5.74) is 6.51. The lowest BCUT2D eigenvalue weighted by molar-refractivity contribution is -0.163. The molecule has 0 spiro atoms. The van der Waals surface area contributed by atoms with Crippen LogP contribution in [-0.4, -0.2) is 76.3 Å². The second-order valence-corrected chi connectivity index (χ2v) is 8.52. The van der Waals surface area contributed by atoms with Gasteiger partial charge in [0.1, 0.15) is 12.8 Å². The van der Waals surface area contributed by atoms with Crippen LogP contribution in [0.2, 0.25) is 0 Å². The first-order valence-electron chi connectivity index (χ1n) is 9.00. The molecule has 6 atom stereocenters. The summed E-state index contributed by atoms with van der Waals surface area (Å²) in [6.45, 7) is 4.46. The van der Waals surface area contributed by atoms with Crippen molar-refractivity contribution in [3.63, 3.8) is 0 Å². The molecule has 3 aliphatic heterocycles. The molecule has 2 saturated heterocycles. The van der Waals surface area contributed by atoms with Crippen molar-refractivity contribution in [2.45, 2.75) is 43.7 Å². The van der Waals surface area contributed by atoms with Gasteiger partial charge in [0.2, 0.25) is 5.91 Å². The number of nitrogens with zero attached hydrogens (tertiary/aromatic N) is 2. The number of hydrogen-bond acceptors (Lipinski definition) is 8. The molecule has 0 saturated carbocycles. The number of aliphatic hydroxyl groups is 1. The van der Waals surface area contributed by atoms with E-state index in [0.717, 1.165) is 12.1 Å². The van der Waals surface area contributed by atoms with Gasteiger partial charge in [0.25, 0.3) is 0 Å². The van der Waals surface area contributed by atoms with Crippen molar-refractivity contribution in [2.24, 2.45) is 22.7 Å². The zero-order chi connectivity index (χ0) is 19.9. The fourth-order valence-electron chi connectivity index (χ4n) is 4.27. The second kappa shape index (κ2) is 7.78. The predicted molar refractivity (Wildman–Crippen MR) is 101 cm³/mol. The van der Waals surface area contributed by atoms with Crippen molar-refractivity contribution < 1.29 is 24.6 Å². The molecule has 0 aliphatic carbocycles. The number of aliphatic hydroxyl groups excluding tert-OH is 1. The molecule has 0 radical (unpaired) electrons. The highest BCUT2D eigenvalue weighted by Gasteiger charge is 2.60. The third kappa shape index (κ3) is 3.35. The number of hydrogen-bond donors (Lipinski definition) is 4. The molecule has 10 heteroatoms. The molecule has 0 aromatic carbocycles. The van der Waals surface area contributed by atoms with Crippen LogP contribution in [0.1, 0.15) is 20.3 Å². The highest BCUT2D eigenvalue weighted by Crippen LogP contribution is 2.51. The van der Waals surface area contributed by atoms with Gasteiger partial charge in [-0.05, 0) is 13.3 Å². The monoisotopic (exact) mass is 398 g/mol. The van der Waals surface area contributed by atoms with Gasteiger partial charge in [-0.25, -0.2) is 4.79 Å². The van der Waals surface area contributed by atoms with Crippen LogP contribution < -0.4 is 11.1 Å². The molecule has 5 N–H and O–H groups in total. The van der Waals surface area contributed by atoms with E-state index in [-0.39, 0.29) is 41.4 Å². The fraction of sp³-hybridized carbons (Fsp3) is 0.706. The van der Waals surface area contributed by atoms with Crippen molar-refractivity contribution in [1.82, 2.24) is 10.2 Å². The summed E-state index contributed by atoms with van der Waals surface area (Å²) in [5, 5.41) is 27.0. The van der Waals surface area contributed by atoms with Crippen molar-refractivity contribution >= 4 is 29.4 Å². The molecule has 0 aromatic rings. The summed E-state index contributed by atoms with van der Waals surface area (Å²) in [7, 11) is 1.47. The van der Waals surface area contributed by atoms with Crippen molar-refractivity contribution in [3.05, 3.63) is 10.6 Å². The first kappa shape index (κ1) is 20.1. The Balaban J connectivity index is 1.77. The molecule has 9 nitrogen and oxygen atoms in total. The molecule has 0 bridgehead atoms. The Hall–Kier alpha value is -1.62. The van der Waals surface area contributed by atoms with Crippen LogP contribution in [0.3, 0.4) is 0 Å². The summed E-state index contributed by atoms with van der Waals surface area (Å²) in [5.74, 6) is -2.08. The Morgan fingerprint density at radius 1 is 1.56 bits per heavy atom. The number of thioether (sulfide) groups is 1.